The molecule has 1 saturated heterocycles. The first-order chi connectivity index (χ1) is 13.7. The van der Waals surface area contributed by atoms with E-state index in [9.17, 15) is 4.79 Å². The fourth-order valence-corrected chi connectivity index (χ4v) is 4.83. The van der Waals surface area contributed by atoms with Gasteiger partial charge in [0.2, 0.25) is 5.76 Å². The van der Waals surface area contributed by atoms with E-state index in [1.807, 2.05) is 17.0 Å². The topological polar surface area (TPSA) is 85.2 Å². The molecule has 1 aliphatic carbocycles. The minimum absolute atomic E-state index is 0.0705. The molecule has 1 aromatic carbocycles. The van der Waals surface area contributed by atoms with Crippen molar-refractivity contribution in [1.29, 1.82) is 0 Å². The van der Waals surface area contributed by atoms with Gasteiger partial charge < -0.3 is 15.2 Å². The van der Waals surface area contributed by atoms with E-state index in [2.05, 4.69) is 39.8 Å². The maximum absolute atomic E-state index is 12.9. The molecule has 144 valence electrons. The molecule has 0 radical (unpaired) electrons. The van der Waals surface area contributed by atoms with Crippen molar-refractivity contribution in [2.45, 2.75) is 37.0 Å². The molecule has 1 amide bonds. The molecule has 28 heavy (non-hydrogen) atoms. The Balaban J connectivity index is 1.38. The van der Waals surface area contributed by atoms with Crippen LogP contribution in [-0.4, -0.2) is 34.0 Å². The number of hydrogen-bond donors (Lipinski definition) is 1. The smallest absolute Gasteiger partial charge is 0.292 e. The second-order valence-electron chi connectivity index (χ2n) is 7.70. The molecular formula is C21H22N4O2S. The van der Waals surface area contributed by atoms with Crippen LogP contribution in [-0.2, 0) is 5.41 Å². The zero-order chi connectivity index (χ0) is 19.1. The van der Waals surface area contributed by atoms with E-state index in [1.165, 1.54) is 16.9 Å². The number of likely N-dealkylation sites (tertiary alicyclic amines) is 1. The van der Waals surface area contributed by atoms with Crippen LogP contribution < -0.4 is 5.73 Å². The van der Waals surface area contributed by atoms with E-state index in [1.54, 1.807) is 0 Å². The summed E-state index contributed by atoms with van der Waals surface area (Å²) in [7, 11) is 0. The number of nitrogens with zero attached hydrogens (tertiary/aromatic N) is 3. The zero-order valence-corrected chi connectivity index (χ0v) is 16.3. The fraction of sp³-hybridized carbons (Fsp3) is 0.381. The number of hydrogen-bond acceptors (Lipinski definition) is 6. The van der Waals surface area contributed by atoms with Crippen molar-refractivity contribution in [1.82, 2.24) is 15.0 Å². The van der Waals surface area contributed by atoms with Crippen molar-refractivity contribution in [3.8, 4) is 0 Å². The molecule has 3 heterocycles. The Labute approximate surface area is 167 Å². The molecule has 7 heteroatoms. The monoisotopic (exact) mass is 394 g/mol. The van der Waals surface area contributed by atoms with E-state index in [4.69, 9.17) is 10.3 Å². The van der Waals surface area contributed by atoms with Crippen molar-refractivity contribution < 1.29 is 9.32 Å². The maximum atomic E-state index is 12.9. The summed E-state index contributed by atoms with van der Waals surface area (Å²) < 4.78 is 5.34. The van der Waals surface area contributed by atoms with Crippen molar-refractivity contribution in [2.75, 3.05) is 18.8 Å². The summed E-state index contributed by atoms with van der Waals surface area (Å²) in [6.07, 6.45) is 3.88. The molecule has 0 unspecified atom stereocenters. The lowest BCUT2D eigenvalue weighted by Crippen LogP contribution is -2.45. The third-order valence-electron chi connectivity index (χ3n) is 5.98. The predicted octanol–water partition coefficient (Wildman–Crippen LogP) is 3.81. The van der Waals surface area contributed by atoms with Crippen LogP contribution in [0, 0.1) is 0 Å². The van der Waals surface area contributed by atoms with E-state index in [0.717, 1.165) is 37.1 Å². The number of aromatic nitrogens is 2. The minimum atomic E-state index is -0.216. The van der Waals surface area contributed by atoms with Crippen LogP contribution in [0.1, 0.15) is 59.1 Å². The SMILES string of the molecule is Nc1nc(C2(c3ccccc3)CCN(C(=O)c3cc(C4CC4)no3)CC2)cs1. The fourth-order valence-electron chi connectivity index (χ4n) is 4.17. The summed E-state index contributed by atoms with van der Waals surface area (Å²) in [6.45, 7) is 1.29. The second kappa shape index (κ2) is 6.74. The van der Waals surface area contributed by atoms with Gasteiger partial charge in [-0.3, -0.25) is 4.79 Å². The summed E-state index contributed by atoms with van der Waals surface area (Å²) in [5.74, 6) is 0.762. The zero-order valence-electron chi connectivity index (χ0n) is 15.5. The Bertz CT molecular complexity index is 985. The van der Waals surface area contributed by atoms with Crippen molar-refractivity contribution in [3.05, 3.63) is 64.5 Å². The quantitative estimate of drug-likeness (QED) is 0.727. The van der Waals surface area contributed by atoms with Gasteiger partial charge in [0.25, 0.3) is 5.91 Å². The molecule has 0 atom stereocenters. The molecule has 6 nitrogen and oxygen atoms in total. The molecular weight excluding hydrogens is 372 g/mol. The standard InChI is InChI=1S/C21H22N4O2S/c22-20-23-18(13-28-20)21(15-4-2-1-3-5-15)8-10-25(11-9-21)19(26)17-12-16(24-27-17)14-6-7-14/h1-5,12-14H,6-11H2,(H2,22,23). The van der Waals surface area contributed by atoms with E-state index < -0.39 is 0 Å². The van der Waals surface area contributed by atoms with Crippen LogP contribution in [0.4, 0.5) is 5.13 Å². The van der Waals surface area contributed by atoms with Gasteiger partial charge in [-0.1, -0.05) is 35.5 Å². The highest BCUT2D eigenvalue weighted by atomic mass is 32.1. The van der Waals surface area contributed by atoms with Crippen LogP contribution in [0.2, 0.25) is 0 Å². The van der Waals surface area contributed by atoms with Crippen LogP contribution in [0.25, 0.3) is 0 Å². The van der Waals surface area contributed by atoms with Crippen molar-refractivity contribution >= 4 is 22.4 Å². The number of thiazole rings is 1. The molecule has 1 aliphatic heterocycles. The Kier molecular flexibility index (Phi) is 4.19. The molecule has 0 spiro atoms. The van der Waals surface area contributed by atoms with Gasteiger partial charge >= 0.3 is 0 Å². The summed E-state index contributed by atoms with van der Waals surface area (Å²) >= 11 is 1.47. The average Bonchev–Trinajstić information content (AvgIpc) is 3.30. The summed E-state index contributed by atoms with van der Waals surface area (Å²) in [4.78, 5) is 19.4. The van der Waals surface area contributed by atoms with Gasteiger partial charge in [0, 0.05) is 35.9 Å². The summed E-state index contributed by atoms with van der Waals surface area (Å²) in [5.41, 5.74) is 8.86. The molecule has 2 aromatic heterocycles. The summed E-state index contributed by atoms with van der Waals surface area (Å²) in [6, 6.07) is 12.2. The first-order valence-corrected chi connectivity index (χ1v) is 10.6. The van der Waals surface area contributed by atoms with E-state index in [-0.39, 0.29) is 11.3 Å². The van der Waals surface area contributed by atoms with Gasteiger partial charge in [-0.15, -0.1) is 11.3 Å². The van der Waals surface area contributed by atoms with Crippen molar-refractivity contribution in [3.63, 3.8) is 0 Å². The lowest BCUT2D eigenvalue weighted by atomic mass is 9.70. The number of anilines is 1. The molecule has 2 N–H and O–H groups in total. The summed E-state index contributed by atoms with van der Waals surface area (Å²) in [5, 5.41) is 6.71. The highest BCUT2D eigenvalue weighted by molar-refractivity contribution is 7.13. The number of benzene rings is 1. The van der Waals surface area contributed by atoms with E-state index >= 15 is 0 Å². The third-order valence-corrected chi connectivity index (χ3v) is 6.65. The molecule has 3 aromatic rings. The number of carbonyl (C=O) groups excluding carboxylic acids is 1. The van der Waals surface area contributed by atoms with E-state index in [0.29, 0.717) is 29.9 Å². The number of amides is 1. The van der Waals surface area contributed by atoms with Gasteiger partial charge in [-0.2, -0.15) is 0 Å². The lowest BCUT2D eigenvalue weighted by molar-refractivity contribution is 0.0642. The second-order valence-corrected chi connectivity index (χ2v) is 8.59. The van der Waals surface area contributed by atoms with Gasteiger partial charge in [0.1, 0.15) is 0 Å². The highest BCUT2D eigenvalue weighted by Crippen LogP contribution is 2.43. The minimum Gasteiger partial charge on any atom is -0.375 e. The van der Waals surface area contributed by atoms with Crippen LogP contribution in [0.3, 0.4) is 0 Å². The number of nitrogens with two attached hydrogens (primary N) is 1. The van der Waals surface area contributed by atoms with Crippen molar-refractivity contribution in [2.24, 2.45) is 0 Å². The highest BCUT2D eigenvalue weighted by Gasteiger charge is 2.41. The first kappa shape index (κ1) is 17.4. The third kappa shape index (κ3) is 2.99. The van der Waals surface area contributed by atoms with Gasteiger partial charge in [0.15, 0.2) is 5.13 Å². The number of nitrogen functional groups attached to an aromatic ring is 1. The predicted molar refractivity (Wildman–Crippen MR) is 107 cm³/mol. The number of rotatable bonds is 4. The Hall–Kier alpha value is -2.67. The van der Waals surface area contributed by atoms with Gasteiger partial charge in [-0.05, 0) is 31.2 Å². The maximum Gasteiger partial charge on any atom is 0.292 e. The molecule has 2 fully saturated rings. The van der Waals surface area contributed by atoms with Crippen LogP contribution in [0.15, 0.2) is 46.3 Å². The largest absolute Gasteiger partial charge is 0.375 e. The normalized spacial score (nSPS) is 18.9. The molecule has 5 rings (SSSR count). The molecule has 2 aliphatic rings. The average molecular weight is 395 g/mol. The van der Waals surface area contributed by atoms with Crippen LogP contribution >= 0.6 is 11.3 Å². The Morgan fingerprint density at radius 2 is 1.96 bits per heavy atom. The van der Waals surface area contributed by atoms with Gasteiger partial charge in [-0.25, -0.2) is 4.98 Å². The van der Waals surface area contributed by atoms with Gasteiger partial charge in [0.05, 0.1) is 11.4 Å². The lowest BCUT2D eigenvalue weighted by Gasteiger charge is -2.41. The first-order valence-electron chi connectivity index (χ1n) is 9.69. The van der Waals surface area contributed by atoms with Crippen LogP contribution in [0.5, 0.6) is 0 Å². The Morgan fingerprint density at radius 3 is 2.61 bits per heavy atom. The molecule has 0 bridgehead atoms. The number of carbonyl (C=O) groups is 1. The number of piperidine rings is 1. The molecule has 1 saturated carbocycles. The Morgan fingerprint density at radius 1 is 1.21 bits per heavy atom.